The van der Waals surface area contributed by atoms with Crippen molar-refractivity contribution in [1.29, 1.82) is 0 Å². The van der Waals surface area contributed by atoms with Gasteiger partial charge in [-0.1, -0.05) is 13.8 Å². The van der Waals surface area contributed by atoms with Gasteiger partial charge in [-0.2, -0.15) is 0 Å². The quantitative estimate of drug-likeness (QED) is 0.709. The Morgan fingerprint density at radius 2 is 2.11 bits per heavy atom. The molecule has 1 atom stereocenters. The van der Waals surface area contributed by atoms with Crippen molar-refractivity contribution < 1.29 is 17.9 Å². The van der Waals surface area contributed by atoms with E-state index in [2.05, 4.69) is 0 Å². The van der Waals surface area contributed by atoms with E-state index in [4.69, 9.17) is 4.74 Å². The van der Waals surface area contributed by atoms with Crippen LogP contribution >= 0.6 is 0 Å². The van der Waals surface area contributed by atoms with Crippen molar-refractivity contribution in [1.82, 2.24) is 4.31 Å². The Balaban J connectivity index is 2.66. The molecule has 0 amide bonds. The lowest BCUT2D eigenvalue weighted by Gasteiger charge is -2.31. The third-order valence-corrected chi connectivity index (χ3v) is 5.15. The van der Waals surface area contributed by atoms with Gasteiger partial charge < -0.3 is 4.74 Å². The lowest BCUT2D eigenvalue weighted by atomic mass is 10.0. The first-order valence-corrected chi connectivity index (χ1v) is 8.12. The summed E-state index contributed by atoms with van der Waals surface area (Å²) in [6.07, 6.45) is 1.44. The average molecular weight is 277 g/mol. The zero-order valence-electron chi connectivity index (χ0n) is 11.4. The van der Waals surface area contributed by atoms with Crippen molar-refractivity contribution in [3.8, 4) is 0 Å². The van der Waals surface area contributed by atoms with Gasteiger partial charge in [-0.3, -0.25) is 4.79 Å². The summed E-state index contributed by atoms with van der Waals surface area (Å²) in [6, 6.07) is 0. The molecule has 1 unspecified atom stereocenters. The highest BCUT2D eigenvalue weighted by molar-refractivity contribution is 7.89. The Hall–Kier alpha value is -0.620. The number of hydrogen-bond donors (Lipinski definition) is 0. The molecule has 0 aromatic carbocycles. The smallest absolute Gasteiger partial charge is 0.310 e. The zero-order valence-corrected chi connectivity index (χ0v) is 12.2. The Bertz CT molecular complexity index is 378. The number of sulfonamides is 1. The number of hydrogen-bond acceptors (Lipinski definition) is 4. The molecule has 0 spiro atoms. The minimum atomic E-state index is -3.24. The Kier molecular flexibility index (Phi) is 5.59. The van der Waals surface area contributed by atoms with E-state index in [9.17, 15) is 13.2 Å². The molecule has 1 heterocycles. The molecule has 0 aromatic rings. The van der Waals surface area contributed by atoms with Gasteiger partial charge in [-0.15, -0.1) is 0 Å². The van der Waals surface area contributed by atoms with Gasteiger partial charge in [-0.25, -0.2) is 12.7 Å². The van der Waals surface area contributed by atoms with Crippen LogP contribution in [0.25, 0.3) is 0 Å². The lowest BCUT2D eigenvalue weighted by Crippen LogP contribution is -2.44. The molecule has 106 valence electrons. The molecule has 1 aliphatic rings. The fourth-order valence-electron chi connectivity index (χ4n) is 2.17. The number of esters is 1. The fraction of sp³-hybridized carbons (Fsp3) is 0.917. The third kappa shape index (κ3) is 4.24. The molecule has 0 saturated carbocycles. The standard InChI is InChI=1S/C12H23NO4S/c1-4-17-12(14)11-6-5-7-13(8-11)18(15,16)9-10(2)3/h10-11H,4-9H2,1-3H3. The Morgan fingerprint density at radius 1 is 1.44 bits per heavy atom. The molecule has 18 heavy (non-hydrogen) atoms. The van der Waals surface area contributed by atoms with E-state index in [0.717, 1.165) is 6.42 Å². The number of carbonyl (C=O) groups excluding carboxylic acids is 1. The normalized spacial score (nSPS) is 22.1. The van der Waals surface area contributed by atoms with E-state index in [1.807, 2.05) is 13.8 Å². The van der Waals surface area contributed by atoms with Crippen LogP contribution in [0.15, 0.2) is 0 Å². The van der Waals surface area contributed by atoms with Crippen molar-refractivity contribution in [2.24, 2.45) is 11.8 Å². The van der Waals surface area contributed by atoms with Crippen molar-refractivity contribution in [3.63, 3.8) is 0 Å². The zero-order chi connectivity index (χ0) is 13.8. The monoisotopic (exact) mass is 277 g/mol. The third-order valence-electron chi connectivity index (χ3n) is 2.94. The maximum atomic E-state index is 12.1. The van der Waals surface area contributed by atoms with Crippen molar-refractivity contribution >= 4 is 16.0 Å². The SMILES string of the molecule is CCOC(=O)C1CCCN(S(=O)(=O)CC(C)C)C1. The van der Waals surface area contributed by atoms with E-state index in [0.29, 0.717) is 19.6 Å². The van der Waals surface area contributed by atoms with Gasteiger partial charge in [-0.05, 0) is 25.7 Å². The molecule has 0 aromatic heterocycles. The minimum Gasteiger partial charge on any atom is -0.466 e. The van der Waals surface area contributed by atoms with E-state index < -0.39 is 10.0 Å². The summed E-state index contributed by atoms with van der Waals surface area (Å²) >= 11 is 0. The van der Waals surface area contributed by atoms with Gasteiger partial charge in [0, 0.05) is 13.1 Å². The molecule has 1 fully saturated rings. The molecule has 5 nitrogen and oxygen atoms in total. The molecule has 6 heteroatoms. The van der Waals surface area contributed by atoms with Crippen molar-refractivity contribution in [2.75, 3.05) is 25.4 Å². The maximum Gasteiger partial charge on any atom is 0.310 e. The van der Waals surface area contributed by atoms with Crippen molar-refractivity contribution in [3.05, 3.63) is 0 Å². The Morgan fingerprint density at radius 3 is 2.67 bits per heavy atom. The summed E-state index contributed by atoms with van der Waals surface area (Å²) in [7, 11) is -3.24. The van der Waals surface area contributed by atoms with Crippen LogP contribution in [0.5, 0.6) is 0 Å². The topological polar surface area (TPSA) is 63.7 Å². The van der Waals surface area contributed by atoms with E-state index >= 15 is 0 Å². The van der Waals surface area contributed by atoms with E-state index in [1.54, 1.807) is 6.92 Å². The van der Waals surface area contributed by atoms with Crippen LogP contribution in [0.1, 0.15) is 33.6 Å². The number of rotatable bonds is 5. The highest BCUT2D eigenvalue weighted by Gasteiger charge is 2.33. The lowest BCUT2D eigenvalue weighted by molar-refractivity contribution is -0.149. The van der Waals surface area contributed by atoms with E-state index in [1.165, 1.54) is 4.31 Å². The van der Waals surface area contributed by atoms with Gasteiger partial charge in [0.25, 0.3) is 0 Å². The largest absolute Gasteiger partial charge is 0.466 e. The predicted octanol–water partition coefficient (Wildman–Crippen LogP) is 1.25. The van der Waals surface area contributed by atoms with Gasteiger partial charge >= 0.3 is 5.97 Å². The van der Waals surface area contributed by atoms with Gasteiger partial charge in [0.1, 0.15) is 0 Å². The van der Waals surface area contributed by atoms with Gasteiger partial charge in [0.15, 0.2) is 0 Å². The molecule has 0 aliphatic carbocycles. The molecular formula is C12H23NO4S. The summed E-state index contributed by atoms with van der Waals surface area (Å²) in [5.41, 5.74) is 0. The summed E-state index contributed by atoms with van der Waals surface area (Å²) in [5.74, 6) is -0.344. The summed E-state index contributed by atoms with van der Waals surface area (Å²) in [4.78, 5) is 11.6. The number of ether oxygens (including phenoxy) is 1. The van der Waals surface area contributed by atoms with Crippen LogP contribution in [-0.4, -0.2) is 44.1 Å². The number of nitrogens with zero attached hydrogens (tertiary/aromatic N) is 1. The molecule has 0 bridgehead atoms. The second-order valence-corrected chi connectivity index (χ2v) is 7.14. The first-order valence-electron chi connectivity index (χ1n) is 6.51. The molecular weight excluding hydrogens is 254 g/mol. The Labute approximate surface area is 110 Å². The predicted molar refractivity (Wildman–Crippen MR) is 69.6 cm³/mol. The minimum absolute atomic E-state index is 0.0953. The van der Waals surface area contributed by atoms with Crippen molar-refractivity contribution in [2.45, 2.75) is 33.6 Å². The first kappa shape index (κ1) is 15.4. The van der Waals surface area contributed by atoms with Gasteiger partial charge in [0.2, 0.25) is 10.0 Å². The van der Waals surface area contributed by atoms with Crippen LogP contribution in [0.3, 0.4) is 0 Å². The van der Waals surface area contributed by atoms with Crippen LogP contribution in [0.4, 0.5) is 0 Å². The number of piperidine rings is 1. The fourth-order valence-corrected chi connectivity index (χ4v) is 4.04. The van der Waals surface area contributed by atoms with Crippen LogP contribution in [0, 0.1) is 11.8 Å². The highest BCUT2D eigenvalue weighted by Crippen LogP contribution is 2.21. The summed E-state index contributed by atoms with van der Waals surface area (Å²) < 4.78 is 30.6. The van der Waals surface area contributed by atoms with Crippen LogP contribution in [-0.2, 0) is 19.6 Å². The molecule has 1 aliphatic heterocycles. The second-order valence-electron chi connectivity index (χ2n) is 5.12. The molecule has 0 radical (unpaired) electrons. The molecule has 1 rings (SSSR count). The van der Waals surface area contributed by atoms with Crippen LogP contribution < -0.4 is 0 Å². The summed E-state index contributed by atoms with van der Waals surface area (Å²) in [6.45, 7) is 6.65. The highest BCUT2D eigenvalue weighted by atomic mass is 32.2. The number of carbonyl (C=O) groups is 1. The second kappa shape index (κ2) is 6.52. The first-order chi connectivity index (χ1) is 8.36. The molecule has 0 N–H and O–H groups in total. The summed E-state index contributed by atoms with van der Waals surface area (Å²) in [5, 5.41) is 0. The average Bonchev–Trinajstić information content (AvgIpc) is 2.28. The van der Waals surface area contributed by atoms with E-state index in [-0.39, 0.29) is 30.1 Å². The van der Waals surface area contributed by atoms with Crippen LogP contribution in [0.2, 0.25) is 0 Å². The molecule has 1 saturated heterocycles. The maximum absolute atomic E-state index is 12.1. The van der Waals surface area contributed by atoms with Gasteiger partial charge in [0.05, 0.1) is 18.3 Å².